The van der Waals surface area contributed by atoms with Crippen LogP contribution in [0.2, 0.25) is 0 Å². The Kier molecular flexibility index (Phi) is 5.70. The lowest BCUT2D eigenvalue weighted by molar-refractivity contribution is -0.141. The summed E-state index contributed by atoms with van der Waals surface area (Å²) in [6, 6.07) is 2.31. The molecule has 5 heterocycles. The van der Waals surface area contributed by atoms with Gasteiger partial charge in [-0.05, 0) is 19.1 Å². The number of likely N-dealkylation sites (N-methyl/N-ethyl adjacent to an activating group) is 1. The standard InChI is InChI=1S/C20H23F3N8O3S/c1-3-35(32,33)30-8-6-29(7-9-30)18-15-16(34-11-10-28(15)2)19-26-25-17(31(19)27-18)13-4-5-24-14(12-13)20(21,22)23/h4-5,12H,3,6-11H2,1-2H3. The van der Waals surface area contributed by atoms with E-state index in [9.17, 15) is 21.6 Å². The van der Waals surface area contributed by atoms with E-state index in [-0.39, 0.29) is 22.8 Å². The molecular formula is C20H23F3N8O3S. The molecule has 1 saturated heterocycles. The van der Waals surface area contributed by atoms with Crippen molar-refractivity contribution in [1.29, 1.82) is 0 Å². The second-order valence-corrected chi connectivity index (χ2v) is 10.5. The van der Waals surface area contributed by atoms with E-state index in [0.29, 0.717) is 56.6 Å². The van der Waals surface area contributed by atoms with E-state index >= 15 is 0 Å². The molecule has 0 N–H and O–H groups in total. The van der Waals surface area contributed by atoms with Gasteiger partial charge in [-0.25, -0.2) is 8.42 Å². The zero-order chi connectivity index (χ0) is 25.0. The molecule has 3 aromatic rings. The van der Waals surface area contributed by atoms with E-state index < -0.39 is 21.9 Å². The van der Waals surface area contributed by atoms with Crippen molar-refractivity contribution in [1.82, 2.24) is 29.1 Å². The van der Waals surface area contributed by atoms with Crippen molar-refractivity contribution >= 4 is 27.2 Å². The number of halogens is 3. The van der Waals surface area contributed by atoms with Crippen molar-refractivity contribution in [2.24, 2.45) is 0 Å². The fourth-order valence-electron chi connectivity index (χ4n) is 4.22. The van der Waals surface area contributed by atoms with Gasteiger partial charge in [0.15, 0.2) is 17.4 Å². The number of ether oxygens (including phenoxy) is 1. The lowest BCUT2D eigenvalue weighted by Gasteiger charge is -2.37. The number of pyridine rings is 1. The summed E-state index contributed by atoms with van der Waals surface area (Å²) < 4.78 is 73.0. The van der Waals surface area contributed by atoms with Gasteiger partial charge in [-0.2, -0.15) is 22.0 Å². The Morgan fingerprint density at radius 2 is 1.86 bits per heavy atom. The number of aromatic nitrogens is 5. The first kappa shape index (κ1) is 23.5. The van der Waals surface area contributed by atoms with Crippen molar-refractivity contribution in [3.63, 3.8) is 0 Å². The van der Waals surface area contributed by atoms with Gasteiger partial charge in [-0.1, -0.05) is 0 Å². The normalized spacial score (nSPS) is 17.5. The van der Waals surface area contributed by atoms with Crippen LogP contribution < -0.4 is 14.5 Å². The molecule has 3 aromatic heterocycles. The van der Waals surface area contributed by atoms with Gasteiger partial charge in [0.25, 0.3) is 0 Å². The van der Waals surface area contributed by atoms with Crippen molar-refractivity contribution in [3.8, 4) is 17.1 Å². The minimum absolute atomic E-state index is 0.0269. The van der Waals surface area contributed by atoms with E-state index in [1.165, 1.54) is 14.9 Å². The third kappa shape index (κ3) is 4.11. The number of piperazine rings is 1. The maximum atomic E-state index is 13.2. The topological polar surface area (TPSA) is 109 Å². The maximum Gasteiger partial charge on any atom is 0.433 e. The summed E-state index contributed by atoms with van der Waals surface area (Å²) in [5.74, 6) is 1.09. The lowest BCUT2D eigenvalue weighted by atomic mass is 10.2. The predicted molar refractivity (Wildman–Crippen MR) is 121 cm³/mol. The molecule has 15 heteroatoms. The molecular weight excluding hydrogens is 489 g/mol. The van der Waals surface area contributed by atoms with Gasteiger partial charge in [-0.3, -0.25) is 4.98 Å². The minimum atomic E-state index is -4.61. The van der Waals surface area contributed by atoms with Crippen molar-refractivity contribution in [2.75, 3.05) is 61.9 Å². The van der Waals surface area contributed by atoms with Gasteiger partial charge in [0.2, 0.25) is 15.7 Å². The molecule has 0 amide bonds. The Labute approximate surface area is 199 Å². The highest BCUT2D eigenvalue weighted by molar-refractivity contribution is 7.89. The molecule has 35 heavy (non-hydrogen) atoms. The molecule has 0 radical (unpaired) electrons. The van der Waals surface area contributed by atoms with Crippen LogP contribution in [-0.4, -0.2) is 89.6 Å². The van der Waals surface area contributed by atoms with E-state index in [1.54, 1.807) is 6.92 Å². The summed E-state index contributed by atoms with van der Waals surface area (Å²) in [7, 11) is -1.43. The summed E-state index contributed by atoms with van der Waals surface area (Å²) in [6.07, 6.45) is -3.55. The molecule has 0 aliphatic carbocycles. The van der Waals surface area contributed by atoms with E-state index in [2.05, 4.69) is 15.2 Å². The van der Waals surface area contributed by atoms with Crippen LogP contribution in [0.4, 0.5) is 24.7 Å². The molecule has 1 fully saturated rings. The largest absolute Gasteiger partial charge is 0.486 e. The molecule has 2 aliphatic rings. The smallest absolute Gasteiger partial charge is 0.433 e. The SMILES string of the molecule is CCS(=O)(=O)N1CCN(c2nn3c(-c4ccnc(C(F)(F)F)c4)nnc3c3c2N(C)CCO3)CC1. The number of alkyl halides is 3. The van der Waals surface area contributed by atoms with Gasteiger partial charge in [0, 0.05) is 45.0 Å². The van der Waals surface area contributed by atoms with Gasteiger partial charge < -0.3 is 14.5 Å². The molecule has 0 saturated carbocycles. The number of rotatable bonds is 4. The summed E-state index contributed by atoms with van der Waals surface area (Å²) >= 11 is 0. The number of anilines is 2. The number of hydrogen-bond donors (Lipinski definition) is 0. The van der Waals surface area contributed by atoms with Gasteiger partial charge in [0.1, 0.15) is 18.0 Å². The van der Waals surface area contributed by atoms with Gasteiger partial charge >= 0.3 is 6.18 Å². The van der Waals surface area contributed by atoms with Gasteiger partial charge in [0.05, 0.1) is 12.3 Å². The van der Waals surface area contributed by atoms with Crippen LogP contribution >= 0.6 is 0 Å². The predicted octanol–water partition coefficient (Wildman–Crippen LogP) is 1.51. The molecule has 11 nitrogen and oxygen atoms in total. The van der Waals surface area contributed by atoms with Crippen molar-refractivity contribution < 1.29 is 26.3 Å². The Morgan fingerprint density at radius 1 is 1.11 bits per heavy atom. The zero-order valence-electron chi connectivity index (χ0n) is 19.0. The van der Waals surface area contributed by atoms with Crippen LogP contribution in [0.25, 0.3) is 17.0 Å². The van der Waals surface area contributed by atoms with Crippen molar-refractivity contribution in [3.05, 3.63) is 24.0 Å². The number of sulfonamides is 1. The lowest BCUT2D eigenvalue weighted by Crippen LogP contribution is -2.50. The maximum absolute atomic E-state index is 13.2. The quantitative estimate of drug-likeness (QED) is 0.514. The zero-order valence-corrected chi connectivity index (χ0v) is 19.8. The van der Waals surface area contributed by atoms with Gasteiger partial charge in [-0.15, -0.1) is 15.3 Å². The summed E-state index contributed by atoms with van der Waals surface area (Å²) in [5, 5.41) is 13.0. The molecule has 5 rings (SSSR count). The molecule has 0 atom stereocenters. The Bertz CT molecular complexity index is 1370. The molecule has 0 spiro atoms. The highest BCUT2D eigenvalue weighted by atomic mass is 32.2. The molecule has 0 unspecified atom stereocenters. The first-order valence-electron chi connectivity index (χ1n) is 11.0. The first-order chi connectivity index (χ1) is 16.6. The van der Waals surface area contributed by atoms with Crippen LogP contribution in [0.3, 0.4) is 0 Å². The average molecular weight is 513 g/mol. The number of nitrogens with zero attached hydrogens (tertiary/aromatic N) is 8. The molecule has 2 aliphatic heterocycles. The monoisotopic (exact) mass is 512 g/mol. The molecule has 0 aromatic carbocycles. The second kappa shape index (κ2) is 8.48. The third-order valence-electron chi connectivity index (χ3n) is 6.13. The summed E-state index contributed by atoms with van der Waals surface area (Å²) in [5.41, 5.74) is 0.0681. The molecule has 0 bridgehead atoms. The van der Waals surface area contributed by atoms with E-state index in [1.807, 2.05) is 16.8 Å². The second-order valence-electron chi connectivity index (χ2n) is 8.24. The van der Waals surface area contributed by atoms with Crippen LogP contribution in [0.15, 0.2) is 18.3 Å². The van der Waals surface area contributed by atoms with Crippen LogP contribution in [0, 0.1) is 0 Å². The number of fused-ring (bicyclic) bond motifs is 3. The highest BCUT2D eigenvalue weighted by Gasteiger charge is 2.35. The van der Waals surface area contributed by atoms with E-state index in [0.717, 1.165) is 12.3 Å². The Balaban J connectivity index is 1.61. The van der Waals surface area contributed by atoms with E-state index in [4.69, 9.17) is 9.84 Å². The first-order valence-corrected chi connectivity index (χ1v) is 12.6. The third-order valence-corrected chi connectivity index (χ3v) is 8.01. The fraction of sp³-hybridized carbons (Fsp3) is 0.500. The van der Waals surface area contributed by atoms with Crippen LogP contribution in [0.1, 0.15) is 12.6 Å². The summed E-state index contributed by atoms with van der Waals surface area (Å²) in [6.45, 7) is 3.97. The molecule has 188 valence electrons. The van der Waals surface area contributed by atoms with Crippen molar-refractivity contribution in [2.45, 2.75) is 13.1 Å². The average Bonchev–Trinajstić information content (AvgIpc) is 3.28. The highest BCUT2D eigenvalue weighted by Crippen LogP contribution is 2.42. The number of hydrogen-bond acceptors (Lipinski definition) is 9. The van der Waals surface area contributed by atoms with Crippen LogP contribution in [0.5, 0.6) is 5.75 Å². The van der Waals surface area contributed by atoms with Crippen LogP contribution in [-0.2, 0) is 16.2 Å². The fourth-order valence-corrected chi connectivity index (χ4v) is 5.30. The summed E-state index contributed by atoms with van der Waals surface area (Å²) in [4.78, 5) is 7.33. The Hall–Kier alpha value is -3.20. The Morgan fingerprint density at radius 3 is 2.54 bits per heavy atom. The minimum Gasteiger partial charge on any atom is -0.486 e.